The van der Waals surface area contributed by atoms with Crippen LogP contribution >= 0.6 is 15.9 Å². The van der Waals surface area contributed by atoms with Crippen molar-refractivity contribution in [2.45, 2.75) is 26.3 Å². The summed E-state index contributed by atoms with van der Waals surface area (Å²) < 4.78 is 19.5. The highest BCUT2D eigenvalue weighted by Crippen LogP contribution is 2.27. The number of ether oxygens (including phenoxy) is 1. The molecule has 0 aliphatic heterocycles. The monoisotopic (exact) mass is 337 g/mol. The zero-order valence-corrected chi connectivity index (χ0v) is 13.1. The minimum absolute atomic E-state index is 0.126. The second-order valence-electron chi connectivity index (χ2n) is 4.95. The summed E-state index contributed by atoms with van der Waals surface area (Å²) in [5.41, 5.74) is 8.13. The number of aryl methyl sites for hydroxylation is 1. The predicted molar refractivity (Wildman–Crippen MR) is 82.7 cm³/mol. The molecule has 2 aromatic carbocycles. The Bertz CT molecular complexity index is 613. The molecule has 2 nitrogen and oxygen atoms in total. The van der Waals surface area contributed by atoms with Crippen molar-refractivity contribution in [3.8, 4) is 11.5 Å². The molecule has 0 radical (unpaired) electrons. The number of hydrogen-bond donors (Lipinski definition) is 1. The van der Waals surface area contributed by atoms with E-state index in [1.54, 1.807) is 12.1 Å². The van der Waals surface area contributed by atoms with Gasteiger partial charge in [0.1, 0.15) is 17.3 Å². The summed E-state index contributed by atoms with van der Waals surface area (Å²) in [6.07, 6.45) is 0.832. The quantitative estimate of drug-likeness (QED) is 0.886. The van der Waals surface area contributed by atoms with Crippen LogP contribution in [0, 0.1) is 12.7 Å². The fourth-order valence-electron chi connectivity index (χ4n) is 1.98. The van der Waals surface area contributed by atoms with Crippen LogP contribution in [0.2, 0.25) is 0 Å². The minimum Gasteiger partial charge on any atom is -0.457 e. The maximum atomic E-state index is 13.4. The van der Waals surface area contributed by atoms with Crippen LogP contribution < -0.4 is 10.5 Å². The third kappa shape index (κ3) is 3.81. The van der Waals surface area contributed by atoms with Crippen molar-refractivity contribution in [3.05, 3.63) is 57.8 Å². The van der Waals surface area contributed by atoms with Crippen LogP contribution in [0.1, 0.15) is 18.1 Å². The molecule has 0 saturated heterocycles. The summed E-state index contributed by atoms with van der Waals surface area (Å²) in [5, 5.41) is 0. The summed E-state index contributed by atoms with van der Waals surface area (Å²) in [6.45, 7) is 4.00. The molecular formula is C16H17BrFNO. The molecule has 2 aromatic rings. The smallest absolute Gasteiger partial charge is 0.141 e. The fourth-order valence-corrected chi connectivity index (χ4v) is 2.23. The van der Waals surface area contributed by atoms with Gasteiger partial charge in [-0.1, -0.05) is 6.07 Å². The largest absolute Gasteiger partial charge is 0.457 e. The lowest BCUT2D eigenvalue weighted by Gasteiger charge is -2.12. The molecule has 4 heteroatoms. The Morgan fingerprint density at radius 2 is 1.85 bits per heavy atom. The van der Waals surface area contributed by atoms with E-state index in [1.165, 1.54) is 11.6 Å². The van der Waals surface area contributed by atoms with Gasteiger partial charge in [0.2, 0.25) is 0 Å². The number of nitrogens with two attached hydrogens (primary N) is 1. The lowest BCUT2D eigenvalue weighted by Crippen LogP contribution is -2.18. The number of halogens is 2. The van der Waals surface area contributed by atoms with Gasteiger partial charge in [-0.2, -0.15) is 0 Å². The highest BCUT2D eigenvalue weighted by Gasteiger charge is 2.06. The third-order valence-corrected chi connectivity index (χ3v) is 3.63. The molecule has 0 aromatic heterocycles. The van der Waals surface area contributed by atoms with Crippen molar-refractivity contribution >= 4 is 15.9 Å². The van der Waals surface area contributed by atoms with Crippen LogP contribution in [0.25, 0.3) is 0 Å². The number of rotatable bonds is 4. The van der Waals surface area contributed by atoms with E-state index in [0.29, 0.717) is 16.0 Å². The molecule has 106 valence electrons. The Balaban J connectivity index is 2.17. The van der Waals surface area contributed by atoms with E-state index < -0.39 is 0 Å². The van der Waals surface area contributed by atoms with Crippen LogP contribution in [0.3, 0.4) is 0 Å². The summed E-state index contributed by atoms with van der Waals surface area (Å²) in [4.78, 5) is 0. The Kier molecular flexibility index (Phi) is 4.78. The second kappa shape index (κ2) is 6.37. The van der Waals surface area contributed by atoms with Gasteiger partial charge in [0.05, 0.1) is 4.47 Å². The van der Waals surface area contributed by atoms with E-state index in [0.717, 1.165) is 12.0 Å². The molecular weight excluding hydrogens is 321 g/mol. The molecule has 0 aliphatic carbocycles. The second-order valence-corrected chi connectivity index (χ2v) is 5.80. The number of benzene rings is 2. The molecule has 2 N–H and O–H groups in total. The van der Waals surface area contributed by atoms with Crippen molar-refractivity contribution in [2.24, 2.45) is 5.73 Å². The summed E-state index contributed by atoms with van der Waals surface area (Å²) in [7, 11) is 0. The van der Waals surface area contributed by atoms with Gasteiger partial charge < -0.3 is 10.5 Å². The van der Waals surface area contributed by atoms with Crippen LogP contribution in [0.5, 0.6) is 11.5 Å². The van der Waals surface area contributed by atoms with Gasteiger partial charge >= 0.3 is 0 Å². The molecule has 0 spiro atoms. The maximum Gasteiger partial charge on any atom is 0.141 e. The molecule has 0 amide bonds. The van der Waals surface area contributed by atoms with Crippen molar-refractivity contribution in [1.29, 1.82) is 0 Å². The van der Waals surface area contributed by atoms with E-state index in [2.05, 4.69) is 15.9 Å². The molecule has 0 saturated carbocycles. The van der Waals surface area contributed by atoms with Gasteiger partial charge in [-0.05, 0) is 71.6 Å². The van der Waals surface area contributed by atoms with Gasteiger partial charge in [0, 0.05) is 12.1 Å². The standard InChI is InChI=1S/C16H17BrFNO/c1-10-7-13(4-3-12(10)8-11(2)19)20-14-5-6-15(17)16(18)9-14/h3-7,9,11H,8,19H2,1-2H3. The van der Waals surface area contributed by atoms with Gasteiger partial charge in [0.25, 0.3) is 0 Å². The first-order valence-electron chi connectivity index (χ1n) is 6.43. The van der Waals surface area contributed by atoms with E-state index in [-0.39, 0.29) is 11.9 Å². The maximum absolute atomic E-state index is 13.4. The highest BCUT2D eigenvalue weighted by molar-refractivity contribution is 9.10. The molecule has 0 fully saturated rings. The van der Waals surface area contributed by atoms with Crippen molar-refractivity contribution in [2.75, 3.05) is 0 Å². The van der Waals surface area contributed by atoms with E-state index in [9.17, 15) is 4.39 Å². The molecule has 0 aliphatic rings. The number of hydrogen-bond acceptors (Lipinski definition) is 2. The van der Waals surface area contributed by atoms with Crippen LogP contribution in [0.4, 0.5) is 4.39 Å². The van der Waals surface area contributed by atoms with Crippen molar-refractivity contribution in [3.63, 3.8) is 0 Å². The molecule has 1 atom stereocenters. The average molecular weight is 338 g/mol. The fraction of sp³-hybridized carbons (Fsp3) is 0.250. The first-order chi connectivity index (χ1) is 9.45. The van der Waals surface area contributed by atoms with Crippen LogP contribution in [-0.2, 0) is 6.42 Å². The molecule has 20 heavy (non-hydrogen) atoms. The van der Waals surface area contributed by atoms with Gasteiger partial charge in [0.15, 0.2) is 0 Å². The molecule has 0 heterocycles. The predicted octanol–water partition coefficient (Wildman–Crippen LogP) is 4.58. The summed E-state index contributed by atoms with van der Waals surface area (Å²) in [6, 6.07) is 10.7. The molecule has 0 bridgehead atoms. The van der Waals surface area contributed by atoms with Crippen LogP contribution in [-0.4, -0.2) is 6.04 Å². The van der Waals surface area contributed by atoms with E-state index in [4.69, 9.17) is 10.5 Å². The topological polar surface area (TPSA) is 35.2 Å². The lowest BCUT2D eigenvalue weighted by atomic mass is 10.0. The first-order valence-corrected chi connectivity index (χ1v) is 7.23. The Hall–Kier alpha value is -1.39. The third-order valence-electron chi connectivity index (χ3n) is 2.98. The Labute approximate surface area is 126 Å². The van der Waals surface area contributed by atoms with E-state index in [1.807, 2.05) is 32.0 Å². The first kappa shape index (κ1) is 15.0. The Morgan fingerprint density at radius 1 is 1.20 bits per heavy atom. The van der Waals surface area contributed by atoms with Crippen molar-refractivity contribution < 1.29 is 9.13 Å². The summed E-state index contributed by atoms with van der Waals surface area (Å²) >= 11 is 3.12. The van der Waals surface area contributed by atoms with E-state index >= 15 is 0 Å². The highest BCUT2D eigenvalue weighted by atomic mass is 79.9. The lowest BCUT2D eigenvalue weighted by molar-refractivity contribution is 0.475. The van der Waals surface area contributed by atoms with Gasteiger partial charge in [-0.3, -0.25) is 0 Å². The average Bonchev–Trinajstić information content (AvgIpc) is 2.37. The minimum atomic E-state index is -0.340. The van der Waals surface area contributed by atoms with Gasteiger partial charge in [-0.25, -0.2) is 4.39 Å². The normalized spacial score (nSPS) is 12.2. The summed E-state index contributed by atoms with van der Waals surface area (Å²) in [5.74, 6) is 0.829. The zero-order valence-electron chi connectivity index (χ0n) is 11.5. The van der Waals surface area contributed by atoms with Crippen molar-refractivity contribution in [1.82, 2.24) is 0 Å². The SMILES string of the molecule is Cc1cc(Oc2ccc(Br)c(F)c2)ccc1CC(C)N. The van der Waals surface area contributed by atoms with Gasteiger partial charge in [-0.15, -0.1) is 0 Å². The van der Waals surface area contributed by atoms with Crippen LogP contribution in [0.15, 0.2) is 40.9 Å². The molecule has 1 unspecified atom stereocenters. The Morgan fingerprint density at radius 3 is 2.45 bits per heavy atom. The molecule has 2 rings (SSSR count). The zero-order chi connectivity index (χ0) is 14.7.